The van der Waals surface area contributed by atoms with E-state index >= 15 is 0 Å². The Hall–Kier alpha value is -1.39. The van der Waals surface area contributed by atoms with Gasteiger partial charge < -0.3 is 5.32 Å². The molecule has 0 bridgehead atoms. The van der Waals surface area contributed by atoms with E-state index in [9.17, 15) is 0 Å². The fraction of sp³-hybridized carbons (Fsp3) is 0.409. The van der Waals surface area contributed by atoms with Crippen molar-refractivity contribution in [3.8, 4) is 0 Å². The van der Waals surface area contributed by atoms with Gasteiger partial charge in [0, 0.05) is 23.2 Å². The Bertz CT molecular complexity index is 623. The van der Waals surface area contributed by atoms with Gasteiger partial charge in [-0.1, -0.05) is 69.3 Å². The second kappa shape index (κ2) is 11.3. The van der Waals surface area contributed by atoms with E-state index in [0.717, 1.165) is 12.2 Å². The molecule has 26 heavy (non-hydrogen) atoms. The van der Waals surface area contributed by atoms with E-state index in [-0.39, 0.29) is 11.0 Å². The van der Waals surface area contributed by atoms with E-state index in [1.165, 1.54) is 22.5 Å². The van der Waals surface area contributed by atoms with Crippen LogP contribution in [0.5, 0.6) is 0 Å². The molecule has 0 radical (unpaired) electrons. The van der Waals surface area contributed by atoms with Gasteiger partial charge in [0.1, 0.15) is 0 Å². The lowest BCUT2D eigenvalue weighted by molar-refractivity contribution is 0.259. The number of allylic oxidation sites excluding steroid dienone is 4. The number of benzene rings is 1. The zero-order valence-electron chi connectivity index (χ0n) is 16.7. The van der Waals surface area contributed by atoms with Crippen LogP contribution in [0.1, 0.15) is 46.6 Å². The third kappa shape index (κ3) is 11.3. The number of rotatable bonds is 10. The Morgan fingerprint density at radius 3 is 2.38 bits per heavy atom. The predicted molar refractivity (Wildman–Crippen MR) is 123 cm³/mol. The van der Waals surface area contributed by atoms with E-state index in [1.54, 1.807) is 0 Å². The molecule has 2 nitrogen and oxygen atoms in total. The summed E-state index contributed by atoms with van der Waals surface area (Å²) in [4.78, 5) is 0. The molecule has 0 aromatic heterocycles. The fourth-order valence-corrected chi connectivity index (χ4v) is 4.18. The maximum absolute atomic E-state index is 3.74. The maximum Gasteiger partial charge on any atom is 0.0688 e. The molecule has 4 heteroatoms. The zero-order chi connectivity index (χ0) is 19.5. The lowest BCUT2D eigenvalue weighted by atomic mass is 9.82. The van der Waals surface area contributed by atoms with Crippen molar-refractivity contribution in [2.45, 2.75) is 52.3 Å². The Morgan fingerprint density at radius 1 is 1.08 bits per heavy atom. The Balaban J connectivity index is 2.81. The Labute approximate surface area is 168 Å². The summed E-state index contributed by atoms with van der Waals surface area (Å²) in [6.45, 7) is 14.8. The van der Waals surface area contributed by atoms with Crippen molar-refractivity contribution in [3.63, 3.8) is 0 Å². The molecule has 1 rings (SSSR count). The molecule has 0 aliphatic heterocycles. The minimum atomic E-state index is 0.0278. The molecule has 0 aliphatic rings. The molecule has 0 aliphatic carbocycles. The zero-order valence-corrected chi connectivity index (χ0v) is 18.3. The van der Waals surface area contributed by atoms with Crippen LogP contribution in [0.2, 0.25) is 0 Å². The monoisotopic (exact) mass is 388 g/mol. The molecule has 0 atom stereocenters. The predicted octanol–water partition coefficient (Wildman–Crippen LogP) is 6.98. The lowest BCUT2D eigenvalue weighted by Gasteiger charge is -2.35. The van der Waals surface area contributed by atoms with Crippen LogP contribution in [0, 0.1) is 5.41 Å². The van der Waals surface area contributed by atoms with Crippen LogP contribution >= 0.6 is 23.7 Å². The second-order valence-electron chi connectivity index (χ2n) is 8.00. The van der Waals surface area contributed by atoms with Gasteiger partial charge >= 0.3 is 0 Å². The van der Waals surface area contributed by atoms with Gasteiger partial charge in [0.25, 0.3) is 0 Å². The summed E-state index contributed by atoms with van der Waals surface area (Å²) in [5.41, 5.74) is 1.63. The summed E-state index contributed by atoms with van der Waals surface area (Å²) < 4.78 is 3.73. The van der Waals surface area contributed by atoms with Gasteiger partial charge in [-0.3, -0.25) is 0 Å². The van der Waals surface area contributed by atoms with Crippen molar-refractivity contribution >= 4 is 30.4 Å². The SMILES string of the molecule is C=NS\C=C/C=C/C=C(\NC(C)(C)CC(C)(C)C)SCc1ccccc1. The minimum Gasteiger partial charge on any atom is -0.375 e. The summed E-state index contributed by atoms with van der Waals surface area (Å²) in [6.07, 6.45) is 9.28. The maximum atomic E-state index is 3.74. The highest BCUT2D eigenvalue weighted by Crippen LogP contribution is 2.30. The minimum absolute atomic E-state index is 0.0278. The fourth-order valence-electron chi connectivity index (χ4n) is 2.90. The van der Waals surface area contributed by atoms with Gasteiger partial charge in [-0.25, -0.2) is 4.40 Å². The second-order valence-corrected chi connectivity index (χ2v) is 9.76. The van der Waals surface area contributed by atoms with Crippen LogP contribution in [0.15, 0.2) is 69.5 Å². The first-order valence-electron chi connectivity index (χ1n) is 8.82. The molecule has 0 unspecified atom stereocenters. The number of hydrogen-bond acceptors (Lipinski definition) is 4. The van der Waals surface area contributed by atoms with Crippen LogP contribution in [0.25, 0.3) is 0 Å². The molecule has 1 N–H and O–H groups in total. The topological polar surface area (TPSA) is 24.4 Å². The Morgan fingerprint density at radius 2 is 1.77 bits per heavy atom. The van der Waals surface area contributed by atoms with E-state index in [4.69, 9.17) is 0 Å². The molecular formula is C22H32N2S2. The summed E-state index contributed by atoms with van der Waals surface area (Å²) in [6, 6.07) is 10.6. The lowest BCUT2D eigenvalue weighted by Crippen LogP contribution is -2.41. The summed E-state index contributed by atoms with van der Waals surface area (Å²) in [7, 11) is 0. The molecule has 0 saturated heterocycles. The van der Waals surface area contributed by atoms with Crippen molar-refractivity contribution in [3.05, 3.63) is 70.6 Å². The highest BCUT2D eigenvalue weighted by molar-refractivity contribution is 8.02. The van der Waals surface area contributed by atoms with Gasteiger partial charge in [-0.05, 0) is 49.4 Å². The highest BCUT2D eigenvalue weighted by Gasteiger charge is 2.25. The average molecular weight is 389 g/mol. The van der Waals surface area contributed by atoms with Gasteiger partial charge in [0.2, 0.25) is 0 Å². The van der Waals surface area contributed by atoms with Crippen LogP contribution < -0.4 is 5.32 Å². The first kappa shape index (κ1) is 22.7. The smallest absolute Gasteiger partial charge is 0.0688 e. The molecule has 1 aromatic rings. The Kier molecular flexibility index (Phi) is 9.89. The average Bonchev–Trinajstić information content (AvgIpc) is 2.54. The van der Waals surface area contributed by atoms with Crippen molar-refractivity contribution in [2.24, 2.45) is 9.81 Å². The molecule has 0 fully saturated rings. The van der Waals surface area contributed by atoms with E-state index in [2.05, 4.69) is 93.5 Å². The van der Waals surface area contributed by atoms with Crippen molar-refractivity contribution < 1.29 is 0 Å². The molecule has 0 heterocycles. The summed E-state index contributed by atoms with van der Waals surface area (Å²) in [5.74, 6) is 0.950. The summed E-state index contributed by atoms with van der Waals surface area (Å²) in [5, 5.41) is 6.83. The van der Waals surface area contributed by atoms with Crippen LogP contribution in [-0.2, 0) is 5.75 Å². The molecule has 0 amide bonds. The molecule has 1 aromatic carbocycles. The van der Waals surface area contributed by atoms with Gasteiger partial charge in [-0.2, -0.15) is 0 Å². The van der Waals surface area contributed by atoms with E-state index in [1.807, 2.05) is 29.3 Å². The number of thioether (sulfide) groups is 1. The van der Waals surface area contributed by atoms with Crippen LogP contribution in [-0.4, -0.2) is 12.3 Å². The van der Waals surface area contributed by atoms with Crippen molar-refractivity contribution in [1.29, 1.82) is 0 Å². The first-order chi connectivity index (χ1) is 12.2. The van der Waals surface area contributed by atoms with E-state index < -0.39 is 0 Å². The van der Waals surface area contributed by atoms with Gasteiger partial charge in [-0.15, -0.1) is 11.8 Å². The molecule has 0 saturated carbocycles. The molecule has 0 spiro atoms. The third-order valence-electron chi connectivity index (χ3n) is 3.35. The highest BCUT2D eigenvalue weighted by atomic mass is 32.2. The number of nitrogens with zero attached hydrogens (tertiary/aromatic N) is 1. The number of nitrogens with one attached hydrogen (secondary N) is 1. The van der Waals surface area contributed by atoms with Crippen LogP contribution in [0.4, 0.5) is 0 Å². The van der Waals surface area contributed by atoms with Crippen molar-refractivity contribution in [1.82, 2.24) is 5.32 Å². The quantitative estimate of drug-likeness (QED) is 0.266. The normalized spacial score (nSPS) is 13.5. The summed E-state index contributed by atoms with van der Waals surface area (Å²) >= 11 is 3.17. The van der Waals surface area contributed by atoms with E-state index in [0.29, 0.717) is 0 Å². The third-order valence-corrected chi connectivity index (χ3v) is 4.81. The van der Waals surface area contributed by atoms with Gasteiger partial charge in [0.15, 0.2) is 0 Å². The standard InChI is InChI=1S/C22H32N2S2/c1-21(2,3)18-22(4,5)24-20(15-11-8-12-16-26-23-6)25-17-19-13-9-7-10-14-19/h7-16,24H,6,17-18H2,1-5H3/b11-8+,16-12-,20-15+. The van der Waals surface area contributed by atoms with Crippen molar-refractivity contribution in [2.75, 3.05) is 0 Å². The van der Waals surface area contributed by atoms with Crippen LogP contribution in [0.3, 0.4) is 0 Å². The van der Waals surface area contributed by atoms with Gasteiger partial charge in [0.05, 0.1) is 5.03 Å². The first-order valence-corrected chi connectivity index (χ1v) is 10.6. The molecular weight excluding hydrogens is 356 g/mol. The number of hydrogen-bond donors (Lipinski definition) is 1. The largest absolute Gasteiger partial charge is 0.375 e. The molecule has 142 valence electrons.